The van der Waals surface area contributed by atoms with Gasteiger partial charge in [0.1, 0.15) is 0 Å². The second-order valence-corrected chi connectivity index (χ2v) is 6.88. The number of carbonyl (C=O) groups excluding carboxylic acids is 1. The number of nitrogens with one attached hydrogen (secondary N) is 1. The molecule has 6 heteroatoms. The molecule has 0 aliphatic rings. The SMILES string of the molecule is CCC(C)n1ncc2c(C(=O)NC(CO)CC(C)C)cc(C)nc21. The highest BCUT2D eigenvalue weighted by Gasteiger charge is 2.20. The van der Waals surface area contributed by atoms with E-state index < -0.39 is 0 Å². The Hall–Kier alpha value is -1.95. The van der Waals surface area contributed by atoms with Gasteiger partial charge in [-0.05, 0) is 38.7 Å². The Morgan fingerprint density at radius 2 is 2.08 bits per heavy atom. The van der Waals surface area contributed by atoms with Crippen LogP contribution in [-0.4, -0.2) is 38.4 Å². The largest absolute Gasteiger partial charge is 0.394 e. The smallest absolute Gasteiger partial charge is 0.252 e. The molecule has 0 aliphatic heterocycles. The molecule has 0 saturated carbocycles. The molecular weight excluding hydrogens is 304 g/mol. The van der Waals surface area contributed by atoms with E-state index in [1.807, 2.05) is 11.6 Å². The van der Waals surface area contributed by atoms with Crippen molar-refractivity contribution in [3.8, 4) is 0 Å². The van der Waals surface area contributed by atoms with Crippen molar-refractivity contribution in [3.05, 3.63) is 23.5 Å². The number of nitrogens with zero attached hydrogens (tertiary/aromatic N) is 3. The number of amides is 1. The molecule has 2 atom stereocenters. The maximum absolute atomic E-state index is 12.7. The normalized spacial score (nSPS) is 14.1. The van der Waals surface area contributed by atoms with E-state index in [4.69, 9.17) is 0 Å². The van der Waals surface area contributed by atoms with Crippen LogP contribution in [0.3, 0.4) is 0 Å². The molecule has 0 saturated heterocycles. The molecule has 0 aromatic carbocycles. The van der Waals surface area contributed by atoms with E-state index in [-0.39, 0.29) is 24.6 Å². The third-order valence-electron chi connectivity index (χ3n) is 4.26. The number of rotatable bonds is 7. The van der Waals surface area contributed by atoms with E-state index in [1.54, 1.807) is 12.3 Å². The highest BCUT2D eigenvalue weighted by atomic mass is 16.3. The molecule has 0 fully saturated rings. The van der Waals surface area contributed by atoms with Gasteiger partial charge in [-0.25, -0.2) is 9.67 Å². The zero-order chi connectivity index (χ0) is 17.9. The average Bonchev–Trinajstić information content (AvgIpc) is 2.95. The lowest BCUT2D eigenvalue weighted by atomic mass is 10.0. The quantitative estimate of drug-likeness (QED) is 0.817. The van der Waals surface area contributed by atoms with Gasteiger partial charge in [-0.15, -0.1) is 0 Å². The molecule has 0 radical (unpaired) electrons. The molecule has 2 aromatic rings. The molecule has 1 amide bonds. The number of fused-ring (bicyclic) bond motifs is 1. The first-order valence-electron chi connectivity index (χ1n) is 8.63. The van der Waals surface area contributed by atoms with Crippen LogP contribution in [0.5, 0.6) is 0 Å². The summed E-state index contributed by atoms with van der Waals surface area (Å²) < 4.78 is 1.87. The van der Waals surface area contributed by atoms with E-state index in [9.17, 15) is 9.90 Å². The van der Waals surface area contributed by atoms with E-state index in [1.165, 1.54) is 0 Å². The van der Waals surface area contributed by atoms with Crippen LogP contribution < -0.4 is 5.32 Å². The summed E-state index contributed by atoms with van der Waals surface area (Å²) in [5.74, 6) is 0.212. The monoisotopic (exact) mass is 332 g/mol. The summed E-state index contributed by atoms with van der Waals surface area (Å²) in [5, 5.41) is 17.6. The van der Waals surface area contributed by atoms with Gasteiger partial charge in [-0.2, -0.15) is 5.10 Å². The number of aliphatic hydroxyl groups is 1. The first-order chi connectivity index (χ1) is 11.4. The topological polar surface area (TPSA) is 80.0 Å². The molecule has 0 aliphatic carbocycles. The lowest BCUT2D eigenvalue weighted by Crippen LogP contribution is -2.38. The maximum atomic E-state index is 12.7. The van der Waals surface area contributed by atoms with Crippen LogP contribution >= 0.6 is 0 Å². The van der Waals surface area contributed by atoms with Crippen molar-refractivity contribution in [2.24, 2.45) is 5.92 Å². The zero-order valence-corrected chi connectivity index (χ0v) is 15.2. The standard InChI is InChI=1S/C18H28N4O2/c1-6-13(5)22-17-16(9-19-22)15(8-12(4)20-17)18(24)21-14(10-23)7-11(2)3/h8-9,11,13-14,23H,6-7,10H2,1-5H3,(H,21,24). The fraction of sp³-hybridized carbons (Fsp3) is 0.611. The van der Waals surface area contributed by atoms with Crippen LogP contribution in [-0.2, 0) is 0 Å². The van der Waals surface area contributed by atoms with Gasteiger partial charge < -0.3 is 10.4 Å². The fourth-order valence-electron chi connectivity index (χ4n) is 2.84. The van der Waals surface area contributed by atoms with Crippen LogP contribution in [0.2, 0.25) is 0 Å². The molecule has 2 aromatic heterocycles. The molecule has 2 heterocycles. The minimum atomic E-state index is -0.245. The predicted molar refractivity (Wildman–Crippen MR) is 95.1 cm³/mol. The van der Waals surface area contributed by atoms with Crippen molar-refractivity contribution in [2.45, 2.75) is 59.5 Å². The number of aryl methyl sites for hydroxylation is 1. The molecule has 2 rings (SSSR count). The van der Waals surface area contributed by atoms with Crippen molar-refractivity contribution in [2.75, 3.05) is 6.61 Å². The number of aromatic nitrogens is 3. The lowest BCUT2D eigenvalue weighted by Gasteiger charge is -2.18. The van der Waals surface area contributed by atoms with E-state index in [0.29, 0.717) is 11.5 Å². The van der Waals surface area contributed by atoms with Gasteiger partial charge in [0.2, 0.25) is 0 Å². The molecule has 0 bridgehead atoms. The highest BCUT2D eigenvalue weighted by Crippen LogP contribution is 2.22. The molecule has 0 spiro atoms. The van der Waals surface area contributed by atoms with Crippen molar-refractivity contribution in [1.82, 2.24) is 20.1 Å². The number of hydrogen-bond acceptors (Lipinski definition) is 4. The van der Waals surface area contributed by atoms with E-state index >= 15 is 0 Å². The van der Waals surface area contributed by atoms with E-state index in [2.05, 4.69) is 43.1 Å². The molecule has 6 nitrogen and oxygen atoms in total. The van der Waals surface area contributed by atoms with Crippen LogP contribution in [0.1, 0.15) is 62.6 Å². The average molecular weight is 332 g/mol. The first kappa shape index (κ1) is 18.4. The summed E-state index contributed by atoms with van der Waals surface area (Å²) in [6, 6.07) is 1.76. The summed E-state index contributed by atoms with van der Waals surface area (Å²) in [7, 11) is 0. The Labute approximate surface area is 143 Å². The van der Waals surface area contributed by atoms with E-state index in [0.717, 1.165) is 29.6 Å². The third kappa shape index (κ3) is 3.93. The number of carbonyl (C=O) groups is 1. The number of hydrogen-bond donors (Lipinski definition) is 2. The second-order valence-electron chi connectivity index (χ2n) is 6.88. The zero-order valence-electron chi connectivity index (χ0n) is 15.2. The minimum absolute atomic E-state index is 0.0662. The van der Waals surface area contributed by atoms with Crippen LogP contribution in [0, 0.1) is 12.8 Å². The van der Waals surface area contributed by atoms with Crippen molar-refractivity contribution >= 4 is 16.9 Å². The predicted octanol–water partition coefficient (Wildman–Crippen LogP) is 2.85. The Morgan fingerprint density at radius 1 is 1.38 bits per heavy atom. The van der Waals surface area contributed by atoms with Crippen molar-refractivity contribution in [3.63, 3.8) is 0 Å². The summed E-state index contributed by atoms with van der Waals surface area (Å²) in [6.45, 7) is 10.1. The summed E-state index contributed by atoms with van der Waals surface area (Å²) in [4.78, 5) is 17.3. The van der Waals surface area contributed by atoms with Crippen LogP contribution in [0.25, 0.3) is 11.0 Å². The molecule has 132 valence electrons. The van der Waals surface area contributed by atoms with Crippen LogP contribution in [0.4, 0.5) is 0 Å². The van der Waals surface area contributed by atoms with Gasteiger partial charge in [-0.3, -0.25) is 4.79 Å². The Kier molecular flexibility index (Phi) is 5.94. The second kappa shape index (κ2) is 7.75. The summed E-state index contributed by atoms with van der Waals surface area (Å²) in [6.07, 6.45) is 3.38. The van der Waals surface area contributed by atoms with Gasteiger partial charge in [0.15, 0.2) is 5.65 Å². The Bertz CT molecular complexity index is 708. The maximum Gasteiger partial charge on any atom is 0.252 e. The number of pyridine rings is 1. The van der Waals surface area contributed by atoms with Gasteiger partial charge in [-0.1, -0.05) is 20.8 Å². The third-order valence-corrected chi connectivity index (χ3v) is 4.26. The Balaban J connectivity index is 2.37. The molecule has 2 unspecified atom stereocenters. The highest BCUT2D eigenvalue weighted by molar-refractivity contribution is 6.05. The summed E-state index contributed by atoms with van der Waals surface area (Å²) in [5.41, 5.74) is 2.08. The molecule has 2 N–H and O–H groups in total. The fourth-order valence-corrected chi connectivity index (χ4v) is 2.84. The number of aliphatic hydroxyl groups excluding tert-OH is 1. The van der Waals surface area contributed by atoms with Crippen molar-refractivity contribution < 1.29 is 9.90 Å². The van der Waals surface area contributed by atoms with Gasteiger partial charge in [0.05, 0.1) is 35.8 Å². The molecular formula is C18H28N4O2. The van der Waals surface area contributed by atoms with Crippen molar-refractivity contribution in [1.29, 1.82) is 0 Å². The van der Waals surface area contributed by atoms with Gasteiger partial charge in [0.25, 0.3) is 5.91 Å². The Morgan fingerprint density at radius 3 is 2.67 bits per heavy atom. The minimum Gasteiger partial charge on any atom is -0.394 e. The molecule has 24 heavy (non-hydrogen) atoms. The summed E-state index contributed by atoms with van der Waals surface area (Å²) >= 11 is 0. The van der Waals surface area contributed by atoms with Gasteiger partial charge in [0, 0.05) is 5.69 Å². The lowest BCUT2D eigenvalue weighted by molar-refractivity contribution is 0.0910. The van der Waals surface area contributed by atoms with Gasteiger partial charge >= 0.3 is 0 Å². The van der Waals surface area contributed by atoms with Crippen LogP contribution in [0.15, 0.2) is 12.3 Å². The first-order valence-corrected chi connectivity index (χ1v) is 8.63.